The van der Waals surface area contributed by atoms with Crippen LogP contribution in [0.5, 0.6) is 0 Å². The van der Waals surface area contributed by atoms with E-state index in [1.165, 1.54) is 10.8 Å². The zero-order chi connectivity index (χ0) is 12.6. The van der Waals surface area contributed by atoms with Gasteiger partial charge in [0.15, 0.2) is 5.82 Å². The fourth-order valence-corrected chi connectivity index (χ4v) is 1.62. The van der Waals surface area contributed by atoms with E-state index in [2.05, 4.69) is 9.97 Å². The van der Waals surface area contributed by atoms with Crippen molar-refractivity contribution < 1.29 is 13.2 Å². The summed E-state index contributed by atoms with van der Waals surface area (Å²) in [5.41, 5.74) is -0.871. The molecule has 0 aliphatic carbocycles. The van der Waals surface area contributed by atoms with E-state index in [0.717, 1.165) is 12.3 Å². The highest BCUT2D eigenvalue weighted by Gasteiger charge is 2.31. The quantitative estimate of drug-likeness (QED) is 0.789. The Bertz CT molecular complexity index is 548. The van der Waals surface area contributed by atoms with Crippen molar-refractivity contribution in [2.24, 2.45) is 0 Å². The molecular formula is C10H7ClF3N3. The summed E-state index contributed by atoms with van der Waals surface area (Å²) in [4.78, 5) is 7.67. The summed E-state index contributed by atoms with van der Waals surface area (Å²) in [5, 5.41) is -0.0686. The number of aromatic nitrogens is 3. The Morgan fingerprint density at radius 1 is 1.29 bits per heavy atom. The van der Waals surface area contributed by atoms with Crippen LogP contribution in [0.25, 0.3) is 5.82 Å². The molecule has 3 nitrogen and oxygen atoms in total. The molecule has 0 N–H and O–H groups in total. The van der Waals surface area contributed by atoms with Gasteiger partial charge in [-0.2, -0.15) is 13.2 Å². The number of imidazole rings is 1. The molecular weight excluding hydrogens is 255 g/mol. The molecule has 0 aromatic carbocycles. The van der Waals surface area contributed by atoms with Crippen LogP contribution < -0.4 is 0 Å². The zero-order valence-electron chi connectivity index (χ0n) is 8.66. The smallest absolute Gasteiger partial charge is 0.287 e. The molecule has 0 spiro atoms. The molecule has 2 rings (SSSR count). The predicted octanol–water partition coefficient (Wildman–Crippen LogP) is 3.25. The first-order valence-corrected chi connectivity index (χ1v) is 5.00. The van der Waals surface area contributed by atoms with Crippen LogP contribution in [-0.4, -0.2) is 14.5 Å². The highest BCUT2D eigenvalue weighted by molar-refractivity contribution is 6.32. The number of hydrogen-bond donors (Lipinski definition) is 0. The fraction of sp³-hybridized carbons (Fsp3) is 0.200. The summed E-state index contributed by atoms with van der Waals surface area (Å²) in [6.45, 7) is 1.70. The molecule has 0 saturated heterocycles. The predicted molar refractivity (Wildman–Crippen MR) is 56.1 cm³/mol. The molecule has 0 amide bonds. The maximum Gasteiger partial charge on any atom is 0.417 e. The zero-order valence-corrected chi connectivity index (χ0v) is 9.42. The van der Waals surface area contributed by atoms with E-state index in [1.807, 2.05) is 0 Å². The first-order chi connectivity index (χ1) is 7.89. The van der Waals surface area contributed by atoms with Crippen molar-refractivity contribution in [3.63, 3.8) is 0 Å². The van der Waals surface area contributed by atoms with Gasteiger partial charge in [0.05, 0.1) is 10.6 Å². The number of pyridine rings is 1. The van der Waals surface area contributed by atoms with Gasteiger partial charge in [-0.15, -0.1) is 0 Å². The van der Waals surface area contributed by atoms with Crippen molar-refractivity contribution in [2.75, 3.05) is 0 Å². The molecule has 17 heavy (non-hydrogen) atoms. The van der Waals surface area contributed by atoms with Crippen LogP contribution in [0.4, 0.5) is 13.2 Å². The first kappa shape index (κ1) is 11.9. The van der Waals surface area contributed by atoms with Crippen LogP contribution in [0.3, 0.4) is 0 Å². The highest BCUT2D eigenvalue weighted by Crippen LogP contribution is 2.31. The SMILES string of the molecule is Cc1nccn1-c1ncc(C(F)(F)F)cc1Cl. The van der Waals surface area contributed by atoms with Gasteiger partial charge in [0.1, 0.15) is 5.82 Å². The van der Waals surface area contributed by atoms with E-state index >= 15 is 0 Å². The monoisotopic (exact) mass is 261 g/mol. The van der Waals surface area contributed by atoms with E-state index in [4.69, 9.17) is 11.6 Å². The van der Waals surface area contributed by atoms with Crippen LogP contribution in [0.1, 0.15) is 11.4 Å². The van der Waals surface area contributed by atoms with Gasteiger partial charge in [-0.1, -0.05) is 11.6 Å². The Kier molecular flexibility index (Phi) is 2.82. The summed E-state index contributed by atoms with van der Waals surface area (Å²) in [6, 6.07) is 0.851. The average Bonchev–Trinajstić information content (AvgIpc) is 2.63. The molecule has 0 atom stereocenters. The number of halogens is 4. The number of rotatable bonds is 1. The summed E-state index contributed by atoms with van der Waals surface area (Å²) in [5.74, 6) is 0.828. The average molecular weight is 262 g/mol. The lowest BCUT2D eigenvalue weighted by Crippen LogP contribution is -2.08. The van der Waals surface area contributed by atoms with Gasteiger partial charge in [-0.25, -0.2) is 9.97 Å². The molecule has 0 unspecified atom stereocenters. The Morgan fingerprint density at radius 2 is 2.00 bits per heavy atom. The number of aryl methyl sites for hydroxylation is 1. The Morgan fingerprint density at radius 3 is 2.47 bits per heavy atom. The fourth-order valence-electron chi connectivity index (χ4n) is 1.36. The molecule has 0 radical (unpaired) electrons. The van der Waals surface area contributed by atoms with Gasteiger partial charge in [0.2, 0.25) is 0 Å². The Labute approximate surface area is 99.9 Å². The lowest BCUT2D eigenvalue weighted by atomic mass is 10.3. The van der Waals surface area contributed by atoms with Crippen LogP contribution >= 0.6 is 11.6 Å². The number of nitrogens with zero attached hydrogens (tertiary/aromatic N) is 3. The summed E-state index contributed by atoms with van der Waals surface area (Å²) >= 11 is 5.79. The molecule has 2 aromatic heterocycles. The standard InChI is InChI=1S/C10H7ClF3N3/c1-6-15-2-3-17(6)9-8(11)4-7(5-16-9)10(12,13)14/h2-5H,1H3. The van der Waals surface area contributed by atoms with E-state index in [9.17, 15) is 13.2 Å². The summed E-state index contributed by atoms with van der Waals surface area (Å²) in [6.07, 6.45) is -0.596. The Balaban J connectivity index is 2.50. The van der Waals surface area contributed by atoms with E-state index in [-0.39, 0.29) is 10.8 Å². The molecule has 0 aliphatic heterocycles. The summed E-state index contributed by atoms with van der Waals surface area (Å²) in [7, 11) is 0. The molecule has 0 saturated carbocycles. The van der Waals surface area contributed by atoms with Gasteiger partial charge in [0, 0.05) is 18.6 Å². The maximum atomic E-state index is 12.4. The molecule has 0 bridgehead atoms. The topological polar surface area (TPSA) is 30.7 Å². The van der Waals surface area contributed by atoms with E-state index < -0.39 is 11.7 Å². The largest absolute Gasteiger partial charge is 0.417 e. The molecule has 0 fully saturated rings. The van der Waals surface area contributed by atoms with E-state index in [1.54, 1.807) is 13.1 Å². The van der Waals surface area contributed by atoms with Gasteiger partial charge in [-0.3, -0.25) is 4.57 Å². The van der Waals surface area contributed by atoms with Crippen molar-refractivity contribution in [1.82, 2.24) is 14.5 Å². The molecule has 7 heteroatoms. The maximum absolute atomic E-state index is 12.4. The lowest BCUT2D eigenvalue weighted by molar-refractivity contribution is -0.137. The molecule has 2 heterocycles. The normalized spacial score (nSPS) is 11.8. The third-order valence-electron chi connectivity index (χ3n) is 2.20. The van der Waals surface area contributed by atoms with Crippen LogP contribution in [-0.2, 0) is 6.18 Å². The first-order valence-electron chi connectivity index (χ1n) is 4.62. The third kappa shape index (κ3) is 2.26. The summed E-state index contributed by atoms with van der Waals surface area (Å²) < 4.78 is 38.7. The molecule has 2 aromatic rings. The second-order valence-corrected chi connectivity index (χ2v) is 3.78. The Hall–Kier alpha value is -1.56. The van der Waals surface area contributed by atoms with Gasteiger partial charge < -0.3 is 0 Å². The van der Waals surface area contributed by atoms with Gasteiger partial charge in [-0.05, 0) is 13.0 Å². The minimum absolute atomic E-state index is 0.0686. The second-order valence-electron chi connectivity index (χ2n) is 3.37. The van der Waals surface area contributed by atoms with Crippen molar-refractivity contribution in [2.45, 2.75) is 13.1 Å². The van der Waals surface area contributed by atoms with Crippen molar-refractivity contribution in [3.05, 3.63) is 41.1 Å². The van der Waals surface area contributed by atoms with Crippen molar-refractivity contribution in [1.29, 1.82) is 0 Å². The number of hydrogen-bond acceptors (Lipinski definition) is 2. The molecule has 90 valence electrons. The van der Waals surface area contributed by atoms with Gasteiger partial charge in [0.25, 0.3) is 0 Å². The second kappa shape index (κ2) is 4.03. The minimum atomic E-state index is -4.45. The van der Waals surface area contributed by atoms with Crippen LogP contribution in [0, 0.1) is 6.92 Å². The number of alkyl halides is 3. The highest BCUT2D eigenvalue weighted by atomic mass is 35.5. The van der Waals surface area contributed by atoms with Gasteiger partial charge >= 0.3 is 6.18 Å². The van der Waals surface area contributed by atoms with E-state index in [0.29, 0.717) is 5.82 Å². The minimum Gasteiger partial charge on any atom is -0.287 e. The van der Waals surface area contributed by atoms with Crippen LogP contribution in [0.2, 0.25) is 5.02 Å². The molecule has 0 aliphatic rings. The lowest BCUT2D eigenvalue weighted by Gasteiger charge is -2.10. The van der Waals surface area contributed by atoms with Crippen LogP contribution in [0.15, 0.2) is 24.7 Å². The van der Waals surface area contributed by atoms with Crippen molar-refractivity contribution in [3.8, 4) is 5.82 Å². The third-order valence-corrected chi connectivity index (χ3v) is 2.48. The van der Waals surface area contributed by atoms with Crippen molar-refractivity contribution >= 4 is 11.6 Å².